The van der Waals surface area contributed by atoms with Crippen LogP contribution in [0.25, 0.3) is 22.1 Å². The summed E-state index contributed by atoms with van der Waals surface area (Å²) in [5, 5.41) is 7.35. The van der Waals surface area contributed by atoms with Gasteiger partial charge in [0.1, 0.15) is 35.9 Å². The number of fused-ring (bicyclic) bond motifs is 2. The van der Waals surface area contributed by atoms with Crippen LogP contribution in [0.3, 0.4) is 0 Å². The molecule has 4 aromatic heterocycles. The molecule has 1 saturated heterocycles. The molecule has 0 unspecified atom stereocenters. The smallest absolute Gasteiger partial charge is 0.162 e. The highest BCUT2D eigenvalue weighted by atomic mass is 16.7. The van der Waals surface area contributed by atoms with E-state index in [9.17, 15) is 0 Å². The molecule has 1 aliphatic rings. The van der Waals surface area contributed by atoms with Gasteiger partial charge < -0.3 is 39.1 Å². The van der Waals surface area contributed by atoms with Crippen LogP contribution in [0.1, 0.15) is 144 Å². The number of rotatable bonds is 14. The number of hydrogen-bond donors (Lipinski definition) is 3. The third-order valence-electron chi connectivity index (χ3n) is 10.1. The largest absolute Gasteiger partial charge is 0.374 e. The van der Waals surface area contributed by atoms with E-state index in [1.807, 2.05) is 34.6 Å². The molecule has 1 fully saturated rings. The third-order valence-corrected chi connectivity index (χ3v) is 10.1. The van der Waals surface area contributed by atoms with Crippen molar-refractivity contribution in [2.24, 2.45) is 16.7 Å². The number of pyridine rings is 2. The first-order valence-corrected chi connectivity index (χ1v) is 21.0. The molecule has 5 rings (SSSR count). The van der Waals surface area contributed by atoms with Crippen LogP contribution in [-0.2, 0) is 38.7 Å². The Morgan fingerprint density at radius 1 is 0.702 bits per heavy atom. The Bertz CT molecular complexity index is 1950. The maximum absolute atomic E-state index is 5.94. The fourth-order valence-corrected chi connectivity index (χ4v) is 8.28. The molecule has 0 aromatic carbocycles. The Hall–Kier alpha value is -3.32. The van der Waals surface area contributed by atoms with Crippen molar-refractivity contribution in [1.82, 2.24) is 29.5 Å². The van der Waals surface area contributed by atoms with E-state index in [0.717, 1.165) is 87.3 Å². The molecule has 320 valence electrons. The van der Waals surface area contributed by atoms with Crippen molar-refractivity contribution in [3.8, 4) is 0 Å². The zero-order valence-corrected chi connectivity index (χ0v) is 38.8. The minimum absolute atomic E-state index is 0.0644. The number of H-pyrrole nitrogens is 1. The van der Waals surface area contributed by atoms with E-state index in [1.165, 1.54) is 0 Å². The number of anilines is 2. The predicted molar refractivity (Wildman–Crippen MR) is 234 cm³/mol. The molecule has 0 bridgehead atoms. The summed E-state index contributed by atoms with van der Waals surface area (Å²) in [6, 6.07) is 0. The Morgan fingerprint density at radius 3 is 1.75 bits per heavy atom. The first-order chi connectivity index (χ1) is 26.2. The van der Waals surface area contributed by atoms with Gasteiger partial charge in [-0.05, 0) is 118 Å². The number of aromatic nitrogens is 6. The van der Waals surface area contributed by atoms with Gasteiger partial charge in [-0.15, -0.1) is 0 Å². The molecule has 4 aromatic rings. The van der Waals surface area contributed by atoms with Crippen molar-refractivity contribution in [1.29, 1.82) is 0 Å². The first kappa shape index (κ1) is 46.4. The van der Waals surface area contributed by atoms with Gasteiger partial charge in [-0.3, -0.25) is 0 Å². The average molecular weight is 793 g/mol. The van der Waals surface area contributed by atoms with Gasteiger partial charge in [0.25, 0.3) is 0 Å². The number of nitrogens with zero attached hydrogens (tertiary/aromatic N) is 5. The Balaban J connectivity index is 0.000000266. The normalized spacial score (nSPS) is 15.6. The molecule has 5 heterocycles. The molecule has 0 spiro atoms. The zero-order chi connectivity index (χ0) is 42.7. The van der Waals surface area contributed by atoms with Gasteiger partial charge in [-0.25, -0.2) is 19.9 Å². The summed E-state index contributed by atoms with van der Waals surface area (Å²) in [5.41, 5.74) is 8.51. The van der Waals surface area contributed by atoms with Crippen molar-refractivity contribution in [3.05, 3.63) is 34.2 Å². The van der Waals surface area contributed by atoms with Crippen LogP contribution < -0.4 is 10.6 Å². The van der Waals surface area contributed by atoms with Crippen molar-refractivity contribution < 1.29 is 18.9 Å². The number of aryl methyl sites for hydroxylation is 4. The van der Waals surface area contributed by atoms with E-state index in [2.05, 4.69) is 110 Å². The molecule has 12 nitrogen and oxygen atoms in total. The van der Waals surface area contributed by atoms with Crippen molar-refractivity contribution in [2.45, 2.75) is 174 Å². The standard InChI is InChI=1S/C26H44N4O3.C19H32N4O/c1-11-31-15-20-28-21-22(30(20)12-19-13-32-26(9,10)33-14-19)17(2)18(3)27-23(21)29-25(7,8)16-24(4,5)6;1-9-24-10-14-21-15-12(2)13(3)20-17(16(15)22-14)23-19(7,8)11-18(4,5)6/h19H,11-16H2,1-10H3,(H,27,29);9-11H2,1-8H3,(H,20,23)(H,21,22). The molecular weight excluding hydrogens is 717 g/mol. The van der Waals surface area contributed by atoms with E-state index in [0.29, 0.717) is 39.6 Å². The number of ether oxygens (including phenoxy) is 4. The number of imidazole rings is 2. The highest BCUT2D eigenvalue weighted by molar-refractivity contribution is 5.90. The summed E-state index contributed by atoms with van der Waals surface area (Å²) < 4.78 is 25.5. The quantitative estimate of drug-likeness (QED) is 0.113. The predicted octanol–water partition coefficient (Wildman–Crippen LogP) is 10.3. The van der Waals surface area contributed by atoms with E-state index >= 15 is 0 Å². The molecule has 0 atom stereocenters. The van der Waals surface area contributed by atoms with E-state index in [4.69, 9.17) is 38.9 Å². The van der Waals surface area contributed by atoms with Crippen LogP contribution in [0.15, 0.2) is 0 Å². The third kappa shape index (κ3) is 12.8. The second-order valence-electron chi connectivity index (χ2n) is 20.2. The number of aromatic amines is 1. The van der Waals surface area contributed by atoms with Gasteiger partial charge in [-0.1, -0.05) is 41.5 Å². The second kappa shape index (κ2) is 17.9. The minimum atomic E-state index is -0.520. The summed E-state index contributed by atoms with van der Waals surface area (Å²) in [6.07, 6.45) is 2.05. The summed E-state index contributed by atoms with van der Waals surface area (Å²) in [4.78, 5) is 22.9. The van der Waals surface area contributed by atoms with Gasteiger partial charge >= 0.3 is 0 Å². The van der Waals surface area contributed by atoms with Gasteiger partial charge in [0.2, 0.25) is 0 Å². The van der Waals surface area contributed by atoms with Crippen LogP contribution in [0.5, 0.6) is 0 Å². The maximum atomic E-state index is 5.94. The molecular formula is C45H76N8O4. The van der Waals surface area contributed by atoms with Crippen LogP contribution in [0, 0.1) is 44.4 Å². The highest BCUT2D eigenvalue weighted by Crippen LogP contribution is 2.35. The first-order valence-electron chi connectivity index (χ1n) is 21.0. The lowest BCUT2D eigenvalue weighted by Crippen LogP contribution is -2.40. The van der Waals surface area contributed by atoms with Crippen molar-refractivity contribution >= 4 is 33.7 Å². The summed E-state index contributed by atoms with van der Waals surface area (Å²) in [7, 11) is 0. The lowest BCUT2D eigenvalue weighted by Gasteiger charge is -2.35. The maximum Gasteiger partial charge on any atom is 0.162 e. The highest BCUT2D eigenvalue weighted by Gasteiger charge is 2.32. The average Bonchev–Trinajstić information content (AvgIpc) is 3.65. The fourth-order valence-electron chi connectivity index (χ4n) is 8.28. The fraction of sp³-hybridized carbons (Fsp3) is 0.733. The van der Waals surface area contributed by atoms with Crippen LogP contribution in [0.2, 0.25) is 0 Å². The van der Waals surface area contributed by atoms with Gasteiger partial charge in [0, 0.05) is 48.1 Å². The molecule has 1 aliphatic heterocycles. The van der Waals surface area contributed by atoms with Gasteiger partial charge in [0.15, 0.2) is 17.4 Å². The summed E-state index contributed by atoms with van der Waals surface area (Å²) in [6.45, 7) is 43.1. The molecule has 0 saturated carbocycles. The Morgan fingerprint density at radius 2 is 1.21 bits per heavy atom. The molecule has 3 N–H and O–H groups in total. The van der Waals surface area contributed by atoms with Crippen molar-refractivity contribution in [3.63, 3.8) is 0 Å². The molecule has 57 heavy (non-hydrogen) atoms. The Labute approximate surface area is 343 Å². The summed E-state index contributed by atoms with van der Waals surface area (Å²) >= 11 is 0. The number of hydrogen-bond acceptors (Lipinski definition) is 10. The van der Waals surface area contributed by atoms with E-state index < -0.39 is 5.79 Å². The van der Waals surface area contributed by atoms with E-state index in [1.54, 1.807) is 0 Å². The van der Waals surface area contributed by atoms with Gasteiger partial charge in [0.05, 0.1) is 24.2 Å². The van der Waals surface area contributed by atoms with Crippen LogP contribution >= 0.6 is 0 Å². The number of nitrogens with one attached hydrogen (secondary N) is 3. The SMILES string of the molecule is CCOCc1nc2c(C)c(C)nc(NC(C)(C)CC(C)(C)C)c2[nH]1.CCOCc1nc2c(NC(C)(C)CC(C)(C)C)nc(C)c(C)c2n1CC1COC(C)(C)OC1. The van der Waals surface area contributed by atoms with Crippen molar-refractivity contribution in [2.75, 3.05) is 37.1 Å². The molecule has 0 aliphatic carbocycles. The monoisotopic (exact) mass is 793 g/mol. The molecule has 12 heteroatoms. The van der Waals surface area contributed by atoms with Crippen LogP contribution in [0.4, 0.5) is 11.6 Å². The Kier molecular flexibility index (Phi) is 14.6. The molecule has 0 radical (unpaired) electrons. The topological polar surface area (TPSA) is 133 Å². The molecule has 0 amide bonds. The minimum Gasteiger partial charge on any atom is -0.374 e. The lowest BCUT2D eigenvalue weighted by atomic mass is 9.82. The summed E-state index contributed by atoms with van der Waals surface area (Å²) in [5.74, 6) is 3.21. The van der Waals surface area contributed by atoms with E-state index in [-0.39, 0.29) is 27.8 Å². The second-order valence-corrected chi connectivity index (χ2v) is 20.2. The van der Waals surface area contributed by atoms with Gasteiger partial charge in [-0.2, -0.15) is 0 Å². The van der Waals surface area contributed by atoms with Crippen LogP contribution in [-0.4, -0.2) is 72.8 Å². The zero-order valence-electron chi connectivity index (χ0n) is 38.8. The lowest BCUT2D eigenvalue weighted by molar-refractivity contribution is -0.263.